The highest BCUT2D eigenvalue weighted by atomic mass is 19.1. The molecule has 0 aromatic heterocycles. The minimum Gasteiger partial charge on any atom is -0.388 e. The SMILES string of the molecule is CCC(C)(O)C(N)c1ccccc1F. The van der Waals surface area contributed by atoms with Crippen molar-refractivity contribution >= 4 is 0 Å². The van der Waals surface area contributed by atoms with Gasteiger partial charge in [-0.25, -0.2) is 4.39 Å². The molecule has 0 radical (unpaired) electrons. The van der Waals surface area contributed by atoms with Gasteiger partial charge in [-0.15, -0.1) is 0 Å². The van der Waals surface area contributed by atoms with Crippen LogP contribution in [-0.2, 0) is 0 Å². The number of hydrogen-bond donors (Lipinski definition) is 2. The fraction of sp³-hybridized carbons (Fsp3) is 0.455. The van der Waals surface area contributed by atoms with E-state index in [0.29, 0.717) is 12.0 Å². The summed E-state index contributed by atoms with van der Waals surface area (Å²) < 4.78 is 13.3. The van der Waals surface area contributed by atoms with Crippen LogP contribution in [0.3, 0.4) is 0 Å². The Labute approximate surface area is 83.6 Å². The summed E-state index contributed by atoms with van der Waals surface area (Å²) in [7, 11) is 0. The summed E-state index contributed by atoms with van der Waals surface area (Å²) >= 11 is 0. The van der Waals surface area contributed by atoms with Gasteiger partial charge in [0.15, 0.2) is 0 Å². The molecule has 2 nitrogen and oxygen atoms in total. The van der Waals surface area contributed by atoms with Crippen LogP contribution in [0.25, 0.3) is 0 Å². The number of benzene rings is 1. The van der Waals surface area contributed by atoms with Crippen molar-refractivity contribution in [1.29, 1.82) is 0 Å². The summed E-state index contributed by atoms with van der Waals surface area (Å²) in [5, 5.41) is 9.88. The Morgan fingerprint density at radius 3 is 2.57 bits per heavy atom. The van der Waals surface area contributed by atoms with Crippen LogP contribution < -0.4 is 5.73 Å². The molecular formula is C11H16FNO. The van der Waals surface area contributed by atoms with Crippen LogP contribution in [0, 0.1) is 5.82 Å². The number of rotatable bonds is 3. The first-order valence-electron chi connectivity index (χ1n) is 4.71. The fourth-order valence-electron chi connectivity index (χ4n) is 1.28. The highest BCUT2D eigenvalue weighted by Crippen LogP contribution is 2.27. The first-order chi connectivity index (χ1) is 6.49. The van der Waals surface area contributed by atoms with Gasteiger partial charge < -0.3 is 10.8 Å². The first kappa shape index (κ1) is 11.1. The molecular weight excluding hydrogens is 181 g/mol. The summed E-state index contributed by atoms with van der Waals surface area (Å²) in [4.78, 5) is 0. The predicted molar refractivity (Wildman–Crippen MR) is 54.2 cm³/mol. The molecule has 0 saturated heterocycles. The van der Waals surface area contributed by atoms with Gasteiger partial charge >= 0.3 is 0 Å². The number of halogens is 1. The summed E-state index contributed by atoms with van der Waals surface area (Å²) in [6.07, 6.45) is 0.489. The minimum absolute atomic E-state index is 0.361. The molecule has 1 rings (SSSR count). The van der Waals surface area contributed by atoms with Gasteiger partial charge in [-0.05, 0) is 19.4 Å². The van der Waals surface area contributed by atoms with E-state index >= 15 is 0 Å². The molecule has 2 atom stereocenters. The number of aliphatic hydroxyl groups is 1. The van der Waals surface area contributed by atoms with Crippen molar-refractivity contribution in [2.45, 2.75) is 31.9 Å². The highest BCUT2D eigenvalue weighted by Gasteiger charge is 2.29. The Morgan fingerprint density at radius 2 is 2.07 bits per heavy atom. The van der Waals surface area contributed by atoms with Crippen molar-refractivity contribution in [1.82, 2.24) is 0 Å². The third-order valence-corrected chi connectivity index (χ3v) is 2.63. The van der Waals surface area contributed by atoms with E-state index in [0.717, 1.165) is 0 Å². The van der Waals surface area contributed by atoms with Crippen molar-refractivity contribution in [2.24, 2.45) is 5.73 Å². The maximum Gasteiger partial charge on any atom is 0.128 e. The summed E-state index contributed by atoms with van der Waals surface area (Å²) in [5.41, 5.74) is 5.09. The Balaban J connectivity index is 3.00. The third kappa shape index (κ3) is 2.11. The van der Waals surface area contributed by atoms with Crippen LogP contribution in [0.1, 0.15) is 31.9 Å². The molecule has 3 heteroatoms. The van der Waals surface area contributed by atoms with Gasteiger partial charge in [0.25, 0.3) is 0 Å². The Kier molecular flexibility index (Phi) is 3.24. The van der Waals surface area contributed by atoms with Crippen molar-refractivity contribution in [2.75, 3.05) is 0 Å². The molecule has 3 N–H and O–H groups in total. The van der Waals surface area contributed by atoms with E-state index < -0.39 is 11.6 Å². The van der Waals surface area contributed by atoms with Crippen LogP contribution in [-0.4, -0.2) is 10.7 Å². The van der Waals surface area contributed by atoms with Gasteiger partial charge in [0.05, 0.1) is 11.6 Å². The highest BCUT2D eigenvalue weighted by molar-refractivity contribution is 5.23. The average molecular weight is 197 g/mol. The van der Waals surface area contributed by atoms with E-state index in [9.17, 15) is 9.50 Å². The molecule has 78 valence electrons. The summed E-state index contributed by atoms with van der Waals surface area (Å²) in [6, 6.07) is 5.58. The average Bonchev–Trinajstić information content (AvgIpc) is 2.17. The molecule has 0 fully saturated rings. The molecule has 0 aliphatic heterocycles. The van der Waals surface area contributed by atoms with Gasteiger partial charge in [-0.3, -0.25) is 0 Å². The molecule has 0 aliphatic rings. The van der Waals surface area contributed by atoms with Crippen LogP contribution in [0.4, 0.5) is 4.39 Å². The number of hydrogen-bond acceptors (Lipinski definition) is 2. The number of nitrogens with two attached hydrogens (primary N) is 1. The smallest absolute Gasteiger partial charge is 0.128 e. The zero-order valence-corrected chi connectivity index (χ0v) is 8.50. The summed E-state index contributed by atoms with van der Waals surface area (Å²) in [5.74, 6) is -0.367. The van der Waals surface area contributed by atoms with Crippen molar-refractivity contribution in [3.8, 4) is 0 Å². The van der Waals surface area contributed by atoms with Gasteiger partial charge in [0.2, 0.25) is 0 Å². The molecule has 1 aromatic rings. The second-order valence-corrected chi connectivity index (χ2v) is 3.71. The molecule has 0 amide bonds. The first-order valence-corrected chi connectivity index (χ1v) is 4.71. The topological polar surface area (TPSA) is 46.2 Å². The van der Waals surface area contributed by atoms with Crippen molar-refractivity contribution < 1.29 is 9.50 Å². The Bertz CT molecular complexity index is 312. The van der Waals surface area contributed by atoms with Gasteiger partial charge in [-0.1, -0.05) is 25.1 Å². The van der Waals surface area contributed by atoms with Crippen molar-refractivity contribution in [3.63, 3.8) is 0 Å². The minimum atomic E-state index is -1.07. The van der Waals surface area contributed by atoms with Crippen LogP contribution in [0.2, 0.25) is 0 Å². The molecule has 0 heterocycles. The quantitative estimate of drug-likeness (QED) is 0.778. The van der Waals surface area contributed by atoms with E-state index in [-0.39, 0.29) is 5.82 Å². The third-order valence-electron chi connectivity index (χ3n) is 2.63. The van der Waals surface area contributed by atoms with E-state index in [1.54, 1.807) is 25.1 Å². The molecule has 1 aromatic carbocycles. The Morgan fingerprint density at radius 1 is 1.50 bits per heavy atom. The second-order valence-electron chi connectivity index (χ2n) is 3.71. The second kappa shape index (κ2) is 4.07. The lowest BCUT2D eigenvalue weighted by atomic mass is 9.88. The van der Waals surface area contributed by atoms with E-state index in [1.165, 1.54) is 6.07 Å². The van der Waals surface area contributed by atoms with E-state index in [4.69, 9.17) is 5.73 Å². The van der Waals surface area contributed by atoms with E-state index in [1.807, 2.05) is 6.92 Å². The van der Waals surface area contributed by atoms with Crippen molar-refractivity contribution in [3.05, 3.63) is 35.6 Å². The lowest BCUT2D eigenvalue weighted by molar-refractivity contribution is 0.0272. The Hall–Kier alpha value is -0.930. The van der Waals surface area contributed by atoms with Crippen LogP contribution >= 0.6 is 0 Å². The lowest BCUT2D eigenvalue weighted by Gasteiger charge is -2.29. The van der Waals surface area contributed by atoms with Gasteiger partial charge in [-0.2, -0.15) is 0 Å². The summed E-state index contributed by atoms with van der Waals surface area (Å²) in [6.45, 7) is 3.44. The molecule has 0 aliphatic carbocycles. The molecule has 0 bridgehead atoms. The van der Waals surface area contributed by atoms with E-state index in [2.05, 4.69) is 0 Å². The standard InChI is InChI=1S/C11H16FNO/c1-3-11(2,14)10(13)8-6-4-5-7-9(8)12/h4-7,10,14H,3,13H2,1-2H3. The monoisotopic (exact) mass is 197 g/mol. The van der Waals surface area contributed by atoms with Gasteiger partial charge in [0.1, 0.15) is 5.82 Å². The molecule has 0 spiro atoms. The molecule has 2 unspecified atom stereocenters. The van der Waals surface area contributed by atoms with Crippen LogP contribution in [0.5, 0.6) is 0 Å². The predicted octanol–water partition coefficient (Wildman–Crippen LogP) is 1.99. The molecule has 14 heavy (non-hydrogen) atoms. The lowest BCUT2D eigenvalue weighted by Crippen LogP contribution is -2.38. The van der Waals surface area contributed by atoms with Crippen LogP contribution in [0.15, 0.2) is 24.3 Å². The maximum absolute atomic E-state index is 13.3. The van der Waals surface area contributed by atoms with Gasteiger partial charge in [0, 0.05) is 5.56 Å². The maximum atomic E-state index is 13.3. The largest absolute Gasteiger partial charge is 0.388 e. The zero-order chi connectivity index (χ0) is 10.8. The molecule has 0 saturated carbocycles. The normalized spacial score (nSPS) is 17.5. The fourth-order valence-corrected chi connectivity index (χ4v) is 1.28. The zero-order valence-electron chi connectivity index (χ0n) is 8.50.